The average Bonchev–Trinajstić information content (AvgIpc) is 2.86. The zero-order chi connectivity index (χ0) is 12.5. The molecule has 1 aromatic carbocycles. The average molecular weight is 247 g/mol. The lowest BCUT2D eigenvalue weighted by Crippen LogP contribution is -2.50. The van der Waals surface area contributed by atoms with Gasteiger partial charge in [-0.15, -0.1) is 0 Å². The molecule has 0 bridgehead atoms. The van der Waals surface area contributed by atoms with E-state index in [0.29, 0.717) is 6.04 Å². The maximum Gasteiger partial charge on any atom is 0.269 e. The van der Waals surface area contributed by atoms with Crippen LogP contribution in [-0.2, 0) is 0 Å². The molecule has 0 radical (unpaired) electrons. The van der Waals surface area contributed by atoms with Crippen LogP contribution >= 0.6 is 0 Å². The van der Waals surface area contributed by atoms with Gasteiger partial charge in [0.05, 0.1) is 4.92 Å². The van der Waals surface area contributed by atoms with Crippen molar-refractivity contribution in [1.29, 1.82) is 0 Å². The largest absolute Gasteiger partial charge is 0.369 e. The van der Waals surface area contributed by atoms with Gasteiger partial charge in [0.1, 0.15) is 0 Å². The highest BCUT2D eigenvalue weighted by Crippen LogP contribution is 2.26. The minimum Gasteiger partial charge on any atom is -0.369 e. The van der Waals surface area contributed by atoms with Crippen LogP contribution < -0.4 is 4.90 Å². The standard InChI is InChI=1S/C13H17N3O2/c17-16(18)12-5-3-11(4-6-12)15-9-8-14-7-1-2-13(14)10-15/h3-6,13H,1-2,7-10H2. The predicted molar refractivity (Wildman–Crippen MR) is 69.9 cm³/mol. The molecule has 0 aliphatic carbocycles. The van der Waals surface area contributed by atoms with Crippen LogP contribution in [0.25, 0.3) is 0 Å². The molecule has 2 saturated heterocycles. The third-order valence-electron chi connectivity index (χ3n) is 4.01. The molecule has 0 N–H and O–H groups in total. The number of nitro benzene ring substituents is 1. The van der Waals surface area contributed by atoms with E-state index in [1.54, 1.807) is 12.1 Å². The normalized spacial score (nSPS) is 24.0. The minimum absolute atomic E-state index is 0.165. The molecule has 5 nitrogen and oxygen atoms in total. The molecule has 2 heterocycles. The van der Waals surface area contributed by atoms with E-state index in [1.807, 2.05) is 12.1 Å². The molecule has 0 saturated carbocycles. The fraction of sp³-hybridized carbons (Fsp3) is 0.538. The molecule has 0 aromatic heterocycles. The van der Waals surface area contributed by atoms with Crippen LogP contribution in [0.4, 0.5) is 11.4 Å². The number of benzene rings is 1. The Labute approximate surface area is 106 Å². The third-order valence-corrected chi connectivity index (χ3v) is 4.01. The zero-order valence-corrected chi connectivity index (χ0v) is 10.3. The Bertz CT molecular complexity index is 446. The summed E-state index contributed by atoms with van der Waals surface area (Å²) in [5.74, 6) is 0. The number of fused-ring (bicyclic) bond motifs is 1. The second-order valence-corrected chi connectivity index (χ2v) is 5.05. The summed E-state index contributed by atoms with van der Waals surface area (Å²) in [7, 11) is 0. The van der Waals surface area contributed by atoms with E-state index in [2.05, 4.69) is 9.80 Å². The molecule has 18 heavy (non-hydrogen) atoms. The minimum atomic E-state index is -0.349. The lowest BCUT2D eigenvalue weighted by atomic mass is 10.1. The lowest BCUT2D eigenvalue weighted by molar-refractivity contribution is -0.384. The second-order valence-electron chi connectivity index (χ2n) is 5.05. The van der Waals surface area contributed by atoms with Crippen LogP contribution in [0.5, 0.6) is 0 Å². The first-order chi connectivity index (χ1) is 8.74. The maximum atomic E-state index is 10.6. The van der Waals surface area contributed by atoms with Gasteiger partial charge in [0, 0.05) is 43.5 Å². The predicted octanol–water partition coefficient (Wildman–Crippen LogP) is 1.88. The molecule has 2 aliphatic heterocycles. The second kappa shape index (κ2) is 4.57. The van der Waals surface area contributed by atoms with Crippen molar-refractivity contribution in [2.75, 3.05) is 31.1 Å². The van der Waals surface area contributed by atoms with E-state index in [-0.39, 0.29) is 10.6 Å². The first-order valence-electron chi connectivity index (χ1n) is 6.47. The monoisotopic (exact) mass is 247 g/mol. The van der Waals surface area contributed by atoms with E-state index in [0.717, 1.165) is 25.3 Å². The van der Waals surface area contributed by atoms with Crippen molar-refractivity contribution >= 4 is 11.4 Å². The molecule has 96 valence electrons. The Balaban J connectivity index is 1.73. The molecule has 1 aromatic rings. The van der Waals surface area contributed by atoms with E-state index in [4.69, 9.17) is 0 Å². The van der Waals surface area contributed by atoms with Gasteiger partial charge in [0.2, 0.25) is 0 Å². The number of rotatable bonds is 2. The van der Waals surface area contributed by atoms with Crippen molar-refractivity contribution in [3.05, 3.63) is 34.4 Å². The van der Waals surface area contributed by atoms with Crippen LogP contribution in [0.2, 0.25) is 0 Å². The van der Waals surface area contributed by atoms with E-state index >= 15 is 0 Å². The summed E-state index contributed by atoms with van der Waals surface area (Å²) < 4.78 is 0. The SMILES string of the molecule is O=[N+]([O-])c1ccc(N2CCN3CCCC3C2)cc1. The first-order valence-corrected chi connectivity index (χ1v) is 6.47. The fourth-order valence-electron chi connectivity index (χ4n) is 3.01. The summed E-state index contributed by atoms with van der Waals surface area (Å²) in [6.45, 7) is 4.42. The number of piperazine rings is 1. The Morgan fingerprint density at radius 1 is 1.17 bits per heavy atom. The number of hydrogen-bond donors (Lipinski definition) is 0. The van der Waals surface area contributed by atoms with Crippen molar-refractivity contribution in [2.45, 2.75) is 18.9 Å². The summed E-state index contributed by atoms with van der Waals surface area (Å²) in [5, 5.41) is 10.6. The summed E-state index contributed by atoms with van der Waals surface area (Å²) in [6.07, 6.45) is 2.59. The van der Waals surface area contributed by atoms with Crippen molar-refractivity contribution in [1.82, 2.24) is 4.90 Å². The highest BCUT2D eigenvalue weighted by molar-refractivity contribution is 5.51. The fourth-order valence-corrected chi connectivity index (χ4v) is 3.01. The van der Waals surface area contributed by atoms with Gasteiger partial charge >= 0.3 is 0 Å². The van der Waals surface area contributed by atoms with Crippen molar-refractivity contribution < 1.29 is 4.92 Å². The Kier molecular flexibility index (Phi) is 2.91. The van der Waals surface area contributed by atoms with Crippen molar-refractivity contribution in [3.63, 3.8) is 0 Å². The molecule has 0 amide bonds. The quantitative estimate of drug-likeness (QED) is 0.591. The summed E-state index contributed by atoms with van der Waals surface area (Å²) in [6, 6.07) is 7.59. The lowest BCUT2D eigenvalue weighted by Gasteiger charge is -2.38. The van der Waals surface area contributed by atoms with Gasteiger partial charge in [-0.2, -0.15) is 0 Å². The van der Waals surface area contributed by atoms with Crippen molar-refractivity contribution in [3.8, 4) is 0 Å². The molecule has 2 aliphatic rings. The van der Waals surface area contributed by atoms with E-state index in [9.17, 15) is 10.1 Å². The first kappa shape index (κ1) is 11.5. The van der Waals surface area contributed by atoms with E-state index < -0.39 is 0 Å². The number of hydrogen-bond acceptors (Lipinski definition) is 4. The van der Waals surface area contributed by atoms with Crippen LogP contribution in [0.15, 0.2) is 24.3 Å². The van der Waals surface area contributed by atoms with Crippen LogP contribution in [0, 0.1) is 10.1 Å². The summed E-state index contributed by atoms with van der Waals surface area (Å²) in [4.78, 5) is 15.2. The molecule has 3 rings (SSSR count). The van der Waals surface area contributed by atoms with Gasteiger partial charge in [0.25, 0.3) is 5.69 Å². The van der Waals surface area contributed by atoms with Gasteiger partial charge in [-0.1, -0.05) is 0 Å². The summed E-state index contributed by atoms with van der Waals surface area (Å²) in [5.41, 5.74) is 1.27. The molecular formula is C13H17N3O2. The molecule has 1 atom stereocenters. The van der Waals surface area contributed by atoms with Crippen molar-refractivity contribution in [2.24, 2.45) is 0 Å². The number of non-ortho nitro benzene ring substituents is 1. The molecular weight excluding hydrogens is 230 g/mol. The van der Waals surface area contributed by atoms with Crippen LogP contribution in [0.3, 0.4) is 0 Å². The zero-order valence-electron chi connectivity index (χ0n) is 10.3. The van der Waals surface area contributed by atoms with Gasteiger partial charge in [-0.25, -0.2) is 0 Å². The smallest absolute Gasteiger partial charge is 0.269 e. The number of nitrogens with zero attached hydrogens (tertiary/aromatic N) is 3. The Hall–Kier alpha value is -1.62. The van der Waals surface area contributed by atoms with Crippen LogP contribution in [-0.4, -0.2) is 42.0 Å². The highest BCUT2D eigenvalue weighted by atomic mass is 16.6. The maximum absolute atomic E-state index is 10.6. The topological polar surface area (TPSA) is 49.6 Å². The van der Waals surface area contributed by atoms with E-state index in [1.165, 1.54) is 19.4 Å². The number of anilines is 1. The van der Waals surface area contributed by atoms with Gasteiger partial charge < -0.3 is 4.90 Å². The Morgan fingerprint density at radius 3 is 2.67 bits per heavy atom. The van der Waals surface area contributed by atoms with Gasteiger partial charge in [-0.3, -0.25) is 15.0 Å². The molecule has 1 unspecified atom stereocenters. The van der Waals surface area contributed by atoms with Gasteiger partial charge in [-0.05, 0) is 31.5 Å². The number of nitro groups is 1. The molecule has 0 spiro atoms. The third kappa shape index (κ3) is 2.06. The van der Waals surface area contributed by atoms with Crippen LogP contribution in [0.1, 0.15) is 12.8 Å². The van der Waals surface area contributed by atoms with Gasteiger partial charge in [0.15, 0.2) is 0 Å². The molecule has 5 heteroatoms. The highest BCUT2D eigenvalue weighted by Gasteiger charge is 2.30. The Morgan fingerprint density at radius 2 is 1.94 bits per heavy atom. The molecule has 2 fully saturated rings. The summed E-state index contributed by atoms with van der Waals surface area (Å²) >= 11 is 0.